The molecule has 0 aromatic heterocycles. The molecule has 5 heteroatoms. The summed E-state index contributed by atoms with van der Waals surface area (Å²) in [4.78, 5) is 14.9. The number of ether oxygens (including phenoxy) is 2. The van der Waals surface area contributed by atoms with Crippen LogP contribution in [0, 0.1) is 5.41 Å². The first-order chi connectivity index (χ1) is 10.5. The van der Waals surface area contributed by atoms with Gasteiger partial charge in [0.05, 0.1) is 12.2 Å². The quantitative estimate of drug-likeness (QED) is 0.780. The standard InChI is InChI=1S/C17H32N2O3/c1-5-9-19(14-10-15(21-6-2)17(14,3)4)16(20)13-8-7-12(11-18)22-13/h12-15H,5-11,18H2,1-4H3/t12-,13+,14?,15?/m1/s1. The van der Waals surface area contributed by atoms with Crippen LogP contribution >= 0.6 is 0 Å². The Hall–Kier alpha value is -0.650. The molecule has 1 heterocycles. The molecule has 1 saturated heterocycles. The molecule has 2 aliphatic rings. The first-order valence-corrected chi connectivity index (χ1v) is 8.73. The molecule has 0 aromatic rings. The van der Waals surface area contributed by atoms with Crippen molar-refractivity contribution in [3.8, 4) is 0 Å². The van der Waals surface area contributed by atoms with Crippen molar-refractivity contribution in [2.45, 2.75) is 77.7 Å². The summed E-state index contributed by atoms with van der Waals surface area (Å²) < 4.78 is 11.6. The molecule has 1 aliphatic carbocycles. The van der Waals surface area contributed by atoms with Crippen LogP contribution in [0.1, 0.15) is 53.4 Å². The van der Waals surface area contributed by atoms with Gasteiger partial charge in [0.25, 0.3) is 5.91 Å². The number of hydrogen-bond donors (Lipinski definition) is 1. The zero-order chi connectivity index (χ0) is 16.3. The van der Waals surface area contributed by atoms with Gasteiger partial charge in [-0.1, -0.05) is 20.8 Å². The van der Waals surface area contributed by atoms with Crippen molar-refractivity contribution in [1.29, 1.82) is 0 Å². The average molecular weight is 312 g/mol. The Balaban J connectivity index is 2.03. The number of carbonyl (C=O) groups excluding carboxylic acids is 1. The highest BCUT2D eigenvalue weighted by atomic mass is 16.5. The normalized spacial score (nSPS) is 33.5. The third kappa shape index (κ3) is 3.31. The Kier molecular flexibility index (Phi) is 5.86. The number of carbonyl (C=O) groups is 1. The highest BCUT2D eigenvalue weighted by Gasteiger charge is 2.53. The molecule has 4 atom stereocenters. The first-order valence-electron chi connectivity index (χ1n) is 8.73. The predicted molar refractivity (Wildman–Crippen MR) is 86.6 cm³/mol. The molecule has 0 radical (unpaired) electrons. The van der Waals surface area contributed by atoms with E-state index in [4.69, 9.17) is 15.2 Å². The Labute approximate surface area is 134 Å². The largest absolute Gasteiger partial charge is 0.378 e. The lowest BCUT2D eigenvalue weighted by atomic mass is 9.63. The summed E-state index contributed by atoms with van der Waals surface area (Å²) in [5, 5.41) is 0. The third-order valence-corrected chi connectivity index (χ3v) is 5.26. The van der Waals surface area contributed by atoms with Crippen molar-refractivity contribution in [3.63, 3.8) is 0 Å². The number of hydrogen-bond acceptors (Lipinski definition) is 4. The van der Waals surface area contributed by atoms with Crippen molar-refractivity contribution >= 4 is 5.91 Å². The summed E-state index contributed by atoms with van der Waals surface area (Å²) in [6, 6.07) is 0.247. The Morgan fingerprint density at radius 1 is 1.36 bits per heavy atom. The first kappa shape index (κ1) is 17.7. The summed E-state index contributed by atoms with van der Waals surface area (Å²) in [6.07, 6.45) is 3.57. The fourth-order valence-electron chi connectivity index (χ4n) is 3.78. The molecule has 0 aromatic carbocycles. The van der Waals surface area contributed by atoms with E-state index >= 15 is 0 Å². The molecule has 0 bridgehead atoms. The van der Waals surface area contributed by atoms with Crippen molar-refractivity contribution in [3.05, 3.63) is 0 Å². The van der Waals surface area contributed by atoms with Crippen molar-refractivity contribution in [2.75, 3.05) is 19.7 Å². The minimum Gasteiger partial charge on any atom is -0.378 e. The number of rotatable bonds is 7. The van der Waals surface area contributed by atoms with E-state index in [1.807, 2.05) is 11.8 Å². The smallest absolute Gasteiger partial charge is 0.251 e. The molecule has 1 saturated carbocycles. The van der Waals surface area contributed by atoms with Gasteiger partial charge in [-0.2, -0.15) is 0 Å². The molecular weight excluding hydrogens is 280 g/mol. The van der Waals surface area contributed by atoms with E-state index in [-0.39, 0.29) is 35.7 Å². The van der Waals surface area contributed by atoms with E-state index in [0.29, 0.717) is 6.54 Å². The second-order valence-electron chi connectivity index (χ2n) is 7.11. The highest BCUT2D eigenvalue weighted by molar-refractivity contribution is 5.81. The number of nitrogens with two attached hydrogens (primary N) is 1. The predicted octanol–water partition coefficient (Wildman–Crippen LogP) is 1.93. The van der Waals surface area contributed by atoms with Crippen LogP contribution in [0.4, 0.5) is 0 Å². The molecular formula is C17H32N2O3. The molecule has 22 heavy (non-hydrogen) atoms. The zero-order valence-corrected chi connectivity index (χ0v) is 14.5. The van der Waals surface area contributed by atoms with Crippen LogP contribution in [0.2, 0.25) is 0 Å². The van der Waals surface area contributed by atoms with Gasteiger partial charge in [0.1, 0.15) is 6.10 Å². The van der Waals surface area contributed by atoms with E-state index in [1.165, 1.54) is 0 Å². The van der Waals surface area contributed by atoms with Crippen molar-refractivity contribution in [2.24, 2.45) is 11.1 Å². The summed E-state index contributed by atoms with van der Waals surface area (Å²) in [7, 11) is 0. The van der Waals surface area contributed by atoms with Crippen LogP contribution in [-0.4, -0.2) is 54.9 Å². The summed E-state index contributed by atoms with van der Waals surface area (Å²) in [5.74, 6) is 0.144. The molecule has 2 fully saturated rings. The van der Waals surface area contributed by atoms with Gasteiger partial charge in [0.15, 0.2) is 0 Å². The summed E-state index contributed by atoms with van der Waals surface area (Å²) in [5.41, 5.74) is 5.66. The maximum atomic E-state index is 12.9. The number of amides is 1. The monoisotopic (exact) mass is 312 g/mol. The minimum absolute atomic E-state index is 0.00666. The van der Waals surface area contributed by atoms with Crippen molar-refractivity contribution < 1.29 is 14.3 Å². The molecule has 2 unspecified atom stereocenters. The van der Waals surface area contributed by atoms with Gasteiger partial charge in [0.2, 0.25) is 0 Å². The van der Waals surface area contributed by atoms with E-state index in [2.05, 4.69) is 20.8 Å². The maximum absolute atomic E-state index is 12.9. The lowest BCUT2D eigenvalue weighted by Crippen LogP contribution is -2.64. The molecule has 128 valence electrons. The van der Waals surface area contributed by atoms with Gasteiger partial charge in [0, 0.05) is 31.2 Å². The van der Waals surface area contributed by atoms with Crippen LogP contribution in [0.5, 0.6) is 0 Å². The fourth-order valence-corrected chi connectivity index (χ4v) is 3.78. The summed E-state index contributed by atoms with van der Waals surface area (Å²) >= 11 is 0. The molecule has 2 N–H and O–H groups in total. The molecule has 1 aliphatic heterocycles. The fraction of sp³-hybridized carbons (Fsp3) is 0.941. The topological polar surface area (TPSA) is 64.8 Å². The second kappa shape index (κ2) is 7.28. The maximum Gasteiger partial charge on any atom is 0.251 e. The Morgan fingerprint density at radius 3 is 2.59 bits per heavy atom. The highest BCUT2D eigenvalue weighted by Crippen LogP contribution is 2.46. The van der Waals surface area contributed by atoms with Crippen molar-refractivity contribution in [1.82, 2.24) is 4.90 Å². The summed E-state index contributed by atoms with van der Waals surface area (Å²) in [6.45, 7) is 10.6. The molecule has 1 amide bonds. The lowest BCUT2D eigenvalue weighted by molar-refractivity contribution is -0.174. The van der Waals surface area contributed by atoms with Gasteiger partial charge in [-0.25, -0.2) is 0 Å². The molecule has 5 nitrogen and oxygen atoms in total. The van der Waals surface area contributed by atoms with Crippen LogP contribution in [0.15, 0.2) is 0 Å². The molecule has 2 rings (SSSR count). The van der Waals surface area contributed by atoms with Gasteiger partial charge >= 0.3 is 0 Å². The van der Waals surface area contributed by atoms with Gasteiger partial charge < -0.3 is 20.1 Å². The van der Waals surface area contributed by atoms with Gasteiger partial charge in [-0.15, -0.1) is 0 Å². The second-order valence-corrected chi connectivity index (χ2v) is 7.11. The van der Waals surface area contributed by atoms with E-state index in [9.17, 15) is 4.79 Å². The average Bonchev–Trinajstić information content (AvgIpc) is 2.98. The van der Waals surface area contributed by atoms with E-state index in [0.717, 1.165) is 38.8 Å². The van der Waals surface area contributed by atoms with Gasteiger partial charge in [-0.3, -0.25) is 4.79 Å². The minimum atomic E-state index is -0.304. The lowest BCUT2D eigenvalue weighted by Gasteiger charge is -2.56. The van der Waals surface area contributed by atoms with Crippen LogP contribution in [0.3, 0.4) is 0 Å². The Morgan fingerprint density at radius 2 is 2.09 bits per heavy atom. The van der Waals surface area contributed by atoms with E-state index in [1.54, 1.807) is 0 Å². The van der Waals surface area contributed by atoms with Crippen LogP contribution < -0.4 is 5.73 Å². The zero-order valence-electron chi connectivity index (χ0n) is 14.5. The van der Waals surface area contributed by atoms with E-state index < -0.39 is 0 Å². The van der Waals surface area contributed by atoms with Crippen LogP contribution in [0.25, 0.3) is 0 Å². The van der Waals surface area contributed by atoms with Crippen LogP contribution in [-0.2, 0) is 14.3 Å². The Bertz CT molecular complexity index is 386. The SMILES string of the molecule is CCCN(C(=O)[C@@H]1CC[C@H](CN)O1)C1CC(OCC)C1(C)C. The van der Waals surface area contributed by atoms with Gasteiger partial charge in [-0.05, 0) is 32.6 Å². The molecule has 0 spiro atoms. The third-order valence-electron chi connectivity index (χ3n) is 5.26. The number of nitrogens with zero attached hydrogens (tertiary/aromatic N) is 1.